The van der Waals surface area contributed by atoms with Crippen LogP contribution in [-0.2, 0) is 6.54 Å². The molecule has 1 aromatic carbocycles. The van der Waals surface area contributed by atoms with Crippen molar-refractivity contribution in [1.82, 2.24) is 14.5 Å². The molecule has 0 spiro atoms. The molecule has 0 radical (unpaired) electrons. The number of aromatic hydroxyl groups is 2. The van der Waals surface area contributed by atoms with Gasteiger partial charge >= 0.3 is 0 Å². The van der Waals surface area contributed by atoms with Crippen molar-refractivity contribution in [3.63, 3.8) is 0 Å². The predicted molar refractivity (Wildman–Crippen MR) is 123 cm³/mol. The summed E-state index contributed by atoms with van der Waals surface area (Å²) >= 11 is 1.36. The molecule has 0 saturated heterocycles. The molecule has 0 saturated carbocycles. The second kappa shape index (κ2) is 8.45. The number of rotatable bonds is 6. The quantitative estimate of drug-likeness (QED) is 0.245. The molecule has 2 N–H and O–H groups in total. The first kappa shape index (κ1) is 21.3. The Kier molecular flexibility index (Phi) is 5.30. The average molecular weight is 478 g/mol. The van der Waals surface area contributed by atoms with Crippen molar-refractivity contribution in [2.24, 2.45) is 0 Å². The van der Waals surface area contributed by atoms with Gasteiger partial charge in [0.2, 0.25) is 0 Å². The van der Waals surface area contributed by atoms with E-state index in [1.165, 1.54) is 46.4 Å². The molecule has 0 aliphatic carbocycles. The Balaban J connectivity index is 1.42. The lowest BCUT2D eigenvalue weighted by molar-refractivity contribution is -0.385. The largest absolute Gasteiger partial charge is 0.494 e. The van der Waals surface area contributed by atoms with Gasteiger partial charge < -0.3 is 14.9 Å². The van der Waals surface area contributed by atoms with Crippen LogP contribution in [0.3, 0.4) is 0 Å². The number of non-ortho nitro benzene ring substituents is 1. The van der Waals surface area contributed by atoms with Crippen LogP contribution in [-0.4, -0.2) is 29.7 Å². The summed E-state index contributed by atoms with van der Waals surface area (Å²) in [6, 6.07) is 13.1. The Bertz CT molecular complexity index is 1510. The summed E-state index contributed by atoms with van der Waals surface area (Å²) in [5.41, 5.74) is 1.73. The standard InChI is InChI=1S/C23H15FN4O5S/c24-15-9-14(28(31)32)2-4-18(15)33-19-7-8-25-17-10-20(34-23(17)19)16-3-1-13(11-26-16)12-27-21(29)5-6-22(27)30/h1-11,29-30H,12H2. The molecule has 170 valence electrons. The molecule has 11 heteroatoms. The fourth-order valence-corrected chi connectivity index (χ4v) is 4.42. The van der Waals surface area contributed by atoms with E-state index >= 15 is 0 Å². The third-order valence-corrected chi connectivity index (χ3v) is 6.24. The third-order valence-electron chi connectivity index (χ3n) is 5.07. The van der Waals surface area contributed by atoms with Crippen LogP contribution in [0.25, 0.3) is 20.8 Å². The lowest BCUT2D eigenvalue weighted by Crippen LogP contribution is -1.99. The fourth-order valence-electron chi connectivity index (χ4n) is 3.38. The molecule has 34 heavy (non-hydrogen) atoms. The van der Waals surface area contributed by atoms with Crippen molar-refractivity contribution >= 4 is 27.2 Å². The van der Waals surface area contributed by atoms with Gasteiger partial charge in [-0.1, -0.05) is 6.07 Å². The summed E-state index contributed by atoms with van der Waals surface area (Å²) in [6.45, 7) is 0.255. The molecule has 0 amide bonds. The van der Waals surface area contributed by atoms with Crippen LogP contribution >= 0.6 is 11.3 Å². The molecule has 0 unspecified atom stereocenters. The minimum atomic E-state index is -0.840. The number of aromatic nitrogens is 3. The van der Waals surface area contributed by atoms with Gasteiger partial charge in [-0.25, -0.2) is 4.39 Å². The Labute approximate surface area is 195 Å². The Hall–Kier alpha value is -4.51. The summed E-state index contributed by atoms with van der Waals surface area (Å²) in [4.78, 5) is 19.8. The zero-order valence-corrected chi connectivity index (χ0v) is 18.1. The average Bonchev–Trinajstić information content (AvgIpc) is 3.40. The van der Waals surface area contributed by atoms with E-state index in [1.807, 2.05) is 18.2 Å². The molecule has 5 aromatic rings. The molecule has 0 aliphatic heterocycles. The van der Waals surface area contributed by atoms with Gasteiger partial charge in [-0.2, -0.15) is 0 Å². The molecule has 0 fully saturated rings. The summed E-state index contributed by atoms with van der Waals surface area (Å²) in [5.74, 6) is -0.701. The zero-order chi connectivity index (χ0) is 23.8. The van der Waals surface area contributed by atoms with Crippen molar-refractivity contribution in [2.75, 3.05) is 0 Å². The van der Waals surface area contributed by atoms with E-state index in [0.29, 0.717) is 21.7 Å². The highest BCUT2D eigenvalue weighted by Crippen LogP contribution is 2.39. The second-order valence-corrected chi connectivity index (χ2v) is 8.35. The van der Waals surface area contributed by atoms with Gasteiger partial charge in [-0.05, 0) is 23.8 Å². The van der Waals surface area contributed by atoms with Crippen molar-refractivity contribution in [3.8, 4) is 33.8 Å². The van der Waals surface area contributed by atoms with E-state index in [1.54, 1.807) is 12.3 Å². The molecule has 0 atom stereocenters. The second-order valence-electron chi connectivity index (χ2n) is 7.30. The van der Waals surface area contributed by atoms with Crippen LogP contribution in [0, 0.1) is 15.9 Å². The lowest BCUT2D eigenvalue weighted by atomic mass is 10.2. The monoisotopic (exact) mass is 478 g/mol. The Morgan fingerprint density at radius 2 is 1.82 bits per heavy atom. The number of nitro benzene ring substituents is 1. The van der Waals surface area contributed by atoms with Gasteiger partial charge in [-0.3, -0.25) is 24.6 Å². The first-order chi connectivity index (χ1) is 16.4. The molecule has 4 aromatic heterocycles. The summed E-state index contributed by atoms with van der Waals surface area (Å²) in [5, 5.41) is 30.4. The lowest BCUT2D eigenvalue weighted by Gasteiger charge is -2.07. The number of hydrogen-bond acceptors (Lipinski definition) is 8. The number of ether oxygens (including phenoxy) is 1. The highest BCUT2D eigenvalue weighted by molar-refractivity contribution is 7.22. The normalized spacial score (nSPS) is 11.1. The number of nitrogens with zero attached hydrogens (tertiary/aromatic N) is 4. The fraction of sp³-hybridized carbons (Fsp3) is 0.0435. The number of benzene rings is 1. The van der Waals surface area contributed by atoms with Gasteiger partial charge in [0.1, 0.15) is 5.75 Å². The van der Waals surface area contributed by atoms with E-state index in [-0.39, 0.29) is 29.7 Å². The molecule has 4 heterocycles. The Morgan fingerprint density at radius 1 is 1.03 bits per heavy atom. The number of fused-ring (bicyclic) bond motifs is 1. The number of hydrogen-bond donors (Lipinski definition) is 2. The topological polar surface area (TPSA) is 124 Å². The van der Waals surface area contributed by atoms with Crippen LogP contribution in [0.5, 0.6) is 23.3 Å². The number of halogens is 1. The highest BCUT2D eigenvalue weighted by atomic mass is 32.1. The zero-order valence-electron chi connectivity index (χ0n) is 17.3. The minimum Gasteiger partial charge on any atom is -0.494 e. The Morgan fingerprint density at radius 3 is 2.50 bits per heavy atom. The molecular formula is C23H15FN4O5S. The first-order valence-corrected chi connectivity index (χ1v) is 10.7. The van der Waals surface area contributed by atoms with Crippen LogP contribution in [0.2, 0.25) is 0 Å². The van der Waals surface area contributed by atoms with Crippen molar-refractivity contribution in [2.45, 2.75) is 6.54 Å². The summed E-state index contributed by atoms with van der Waals surface area (Å²) in [6.07, 6.45) is 3.18. The molecule has 0 bridgehead atoms. The van der Waals surface area contributed by atoms with Crippen LogP contribution in [0.4, 0.5) is 10.1 Å². The van der Waals surface area contributed by atoms with E-state index in [9.17, 15) is 24.7 Å². The van der Waals surface area contributed by atoms with Crippen molar-refractivity contribution < 1.29 is 24.3 Å². The number of thiophene rings is 1. The van der Waals surface area contributed by atoms with Gasteiger partial charge in [0.15, 0.2) is 23.3 Å². The van der Waals surface area contributed by atoms with Crippen LogP contribution in [0.15, 0.2) is 67.0 Å². The van der Waals surface area contributed by atoms with Crippen molar-refractivity contribution in [1.29, 1.82) is 0 Å². The molecule has 5 rings (SSSR count). The number of nitro groups is 1. The van der Waals surface area contributed by atoms with Crippen LogP contribution < -0.4 is 4.74 Å². The van der Waals surface area contributed by atoms with Gasteiger partial charge in [0.25, 0.3) is 5.69 Å². The van der Waals surface area contributed by atoms with Crippen LogP contribution in [0.1, 0.15) is 5.56 Å². The van der Waals surface area contributed by atoms with E-state index < -0.39 is 10.7 Å². The van der Waals surface area contributed by atoms with Gasteiger partial charge in [-0.15, -0.1) is 11.3 Å². The molecule has 9 nitrogen and oxygen atoms in total. The highest BCUT2D eigenvalue weighted by Gasteiger charge is 2.16. The van der Waals surface area contributed by atoms with E-state index in [0.717, 1.165) is 16.5 Å². The third kappa shape index (κ3) is 3.99. The maximum atomic E-state index is 14.3. The van der Waals surface area contributed by atoms with Crippen molar-refractivity contribution in [3.05, 3.63) is 88.5 Å². The summed E-state index contributed by atoms with van der Waals surface area (Å²) in [7, 11) is 0. The predicted octanol–water partition coefficient (Wildman–Crippen LogP) is 5.46. The maximum Gasteiger partial charge on any atom is 0.272 e. The van der Waals surface area contributed by atoms with Gasteiger partial charge in [0.05, 0.1) is 38.3 Å². The maximum absolute atomic E-state index is 14.3. The number of pyridine rings is 2. The van der Waals surface area contributed by atoms with Gasteiger partial charge in [0, 0.05) is 36.7 Å². The minimum absolute atomic E-state index is 0.0471. The van der Waals surface area contributed by atoms with E-state index in [2.05, 4.69) is 9.97 Å². The molecular weight excluding hydrogens is 463 g/mol. The molecule has 0 aliphatic rings. The van der Waals surface area contributed by atoms with E-state index in [4.69, 9.17) is 4.74 Å². The SMILES string of the molecule is O=[N+]([O-])c1ccc(Oc2ccnc3cc(-c4ccc(Cn5c(O)ccc5O)cn4)sc23)c(F)c1. The summed E-state index contributed by atoms with van der Waals surface area (Å²) < 4.78 is 22.0. The smallest absolute Gasteiger partial charge is 0.272 e. The first-order valence-electron chi connectivity index (χ1n) is 9.92.